The van der Waals surface area contributed by atoms with Gasteiger partial charge in [0.2, 0.25) is 0 Å². The molecule has 57 heavy (non-hydrogen) atoms. The molecule has 5 N–H and O–H groups in total. The predicted molar refractivity (Wildman–Crippen MR) is 203 cm³/mol. The second-order valence-corrected chi connectivity index (χ2v) is 13.0. The summed E-state index contributed by atoms with van der Waals surface area (Å²) in [5, 5.41) is 28.0. The number of carboxylic acid groups (broad SMARTS) is 1. The summed E-state index contributed by atoms with van der Waals surface area (Å²) in [5.74, 6) is 5.68. The Balaban J connectivity index is 1.01. The summed E-state index contributed by atoms with van der Waals surface area (Å²) < 4.78 is 17.4. The molecule has 0 heterocycles. The van der Waals surface area contributed by atoms with E-state index in [1.165, 1.54) is 36.4 Å². The van der Waals surface area contributed by atoms with Gasteiger partial charge in [0.1, 0.15) is 47.7 Å². The number of rotatable bonds is 17. The first-order valence-corrected chi connectivity index (χ1v) is 17.3. The van der Waals surface area contributed by atoms with Crippen LogP contribution in [0.4, 0.5) is 0 Å². The molecule has 0 bridgehead atoms. The van der Waals surface area contributed by atoms with Crippen LogP contribution in [-0.2, 0) is 33.4 Å². The minimum atomic E-state index is -1.32. The standard InChI is InChI=1S/C43H37NO13/c1-43(2,30-6-11-33(12-7-30)53-35-17-19-37(20-18-35)55-51-26-28-23-31(45)8-3-27(28)25-50-49)29-4-9-32(10-5-29)52-34-13-15-36(16-14-34)54-42(48)40-24-38(56-57-44)21-22-39(40)41(46)47/h3-24,45,49H,25-26,44H2,1-2H3,(H,46,47). The lowest BCUT2D eigenvalue weighted by molar-refractivity contribution is -0.253. The van der Waals surface area contributed by atoms with Gasteiger partial charge in [-0.3, -0.25) is 5.26 Å². The predicted octanol–water partition coefficient (Wildman–Crippen LogP) is 8.90. The minimum Gasteiger partial charge on any atom is -0.508 e. The van der Waals surface area contributed by atoms with Crippen molar-refractivity contribution < 1.29 is 63.8 Å². The largest absolute Gasteiger partial charge is 0.508 e. The molecule has 6 rings (SSSR count). The van der Waals surface area contributed by atoms with Gasteiger partial charge in [-0.25, -0.2) is 14.5 Å². The Morgan fingerprint density at radius 1 is 0.579 bits per heavy atom. The van der Waals surface area contributed by atoms with Gasteiger partial charge >= 0.3 is 11.9 Å². The van der Waals surface area contributed by atoms with Crippen LogP contribution in [0.1, 0.15) is 56.8 Å². The Kier molecular flexibility index (Phi) is 12.6. The smallest absolute Gasteiger partial charge is 0.344 e. The lowest BCUT2D eigenvalue weighted by Gasteiger charge is -2.26. The molecule has 0 atom stereocenters. The molecule has 292 valence electrons. The highest BCUT2D eigenvalue weighted by Crippen LogP contribution is 2.35. The second kappa shape index (κ2) is 18.1. The summed E-state index contributed by atoms with van der Waals surface area (Å²) in [4.78, 5) is 48.1. The fraction of sp³-hybridized carbons (Fsp3) is 0.116. The Hall–Kier alpha value is -6.94. The van der Waals surface area contributed by atoms with Crippen LogP contribution >= 0.6 is 0 Å². The SMILES string of the molecule is CC(C)(c1ccc(Oc2ccc(OOCc3cc(O)ccc3COO)cc2)cc1)c1ccc(Oc2ccc(OC(=O)c3cc(OON)ccc3C(=O)O)cc2)cc1. The number of hydrogen-bond donors (Lipinski definition) is 4. The monoisotopic (exact) mass is 775 g/mol. The van der Waals surface area contributed by atoms with Crippen LogP contribution in [0, 0.1) is 0 Å². The van der Waals surface area contributed by atoms with Gasteiger partial charge in [0.05, 0.1) is 11.1 Å². The van der Waals surface area contributed by atoms with Crippen LogP contribution in [0.3, 0.4) is 0 Å². The summed E-state index contributed by atoms with van der Waals surface area (Å²) in [7, 11) is 0. The van der Waals surface area contributed by atoms with Gasteiger partial charge in [-0.1, -0.05) is 49.2 Å². The molecular weight excluding hydrogens is 738 g/mol. The Labute approximate surface area is 326 Å². The van der Waals surface area contributed by atoms with Crippen molar-refractivity contribution in [3.05, 3.63) is 167 Å². The molecule has 0 saturated heterocycles. The van der Waals surface area contributed by atoms with E-state index in [4.69, 9.17) is 40.0 Å². The van der Waals surface area contributed by atoms with Gasteiger partial charge < -0.3 is 34.2 Å². The number of benzene rings is 6. The van der Waals surface area contributed by atoms with Crippen molar-refractivity contribution in [1.29, 1.82) is 0 Å². The zero-order valence-electron chi connectivity index (χ0n) is 30.6. The third-order valence-corrected chi connectivity index (χ3v) is 8.85. The van der Waals surface area contributed by atoms with E-state index in [-0.39, 0.29) is 47.0 Å². The highest BCUT2D eigenvalue weighted by molar-refractivity contribution is 6.03. The zero-order valence-corrected chi connectivity index (χ0v) is 30.6. The lowest BCUT2D eigenvalue weighted by atomic mass is 9.78. The molecule has 0 aliphatic carbocycles. The van der Waals surface area contributed by atoms with E-state index in [1.54, 1.807) is 42.5 Å². The number of aromatic hydroxyl groups is 1. The molecule has 0 aromatic heterocycles. The normalized spacial score (nSPS) is 11.1. The number of ether oxygens (including phenoxy) is 3. The quantitative estimate of drug-likeness (QED) is 0.0297. The molecular formula is C43H37NO13. The Morgan fingerprint density at radius 2 is 1.09 bits per heavy atom. The molecule has 6 aromatic carbocycles. The molecule has 0 aliphatic rings. The van der Waals surface area contributed by atoms with Crippen molar-refractivity contribution in [2.24, 2.45) is 5.90 Å². The number of phenolic OH excluding ortho intramolecular Hbond substituents is 1. The van der Waals surface area contributed by atoms with E-state index in [9.17, 15) is 19.8 Å². The zero-order chi connectivity index (χ0) is 40.4. The number of carbonyl (C=O) groups is 2. The first kappa shape index (κ1) is 39.7. The van der Waals surface area contributed by atoms with Crippen LogP contribution in [0.15, 0.2) is 133 Å². The highest BCUT2D eigenvalue weighted by Gasteiger charge is 2.24. The van der Waals surface area contributed by atoms with E-state index in [2.05, 4.69) is 23.7 Å². The summed E-state index contributed by atoms with van der Waals surface area (Å²) in [5.41, 5.74) is 2.48. The van der Waals surface area contributed by atoms with E-state index in [1.807, 2.05) is 48.5 Å². The van der Waals surface area contributed by atoms with Crippen LogP contribution < -0.4 is 29.9 Å². The van der Waals surface area contributed by atoms with Crippen molar-refractivity contribution in [2.45, 2.75) is 32.5 Å². The van der Waals surface area contributed by atoms with Crippen LogP contribution in [0.5, 0.6) is 46.0 Å². The molecule has 14 nitrogen and oxygen atoms in total. The number of carboxylic acids is 1. The van der Waals surface area contributed by atoms with E-state index >= 15 is 0 Å². The van der Waals surface area contributed by atoms with Crippen molar-refractivity contribution in [2.75, 3.05) is 0 Å². The van der Waals surface area contributed by atoms with Gasteiger partial charge in [0.25, 0.3) is 0 Å². The first-order valence-electron chi connectivity index (χ1n) is 17.3. The van der Waals surface area contributed by atoms with Gasteiger partial charge in [0.15, 0.2) is 11.5 Å². The number of nitrogens with two attached hydrogens (primary N) is 1. The molecule has 0 unspecified atom stereocenters. The van der Waals surface area contributed by atoms with Gasteiger partial charge in [-0.15, -0.1) is 0 Å². The van der Waals surface area contributed by atoms with Crippen molar-refractivity contribution in [3.8, 4) is 46.0 Å². The first-order chi connectivity index (χ1) is 27.5. The molecule has 0 fully saturated rings. The fourth-order valence-electron chi connectivity index (χ4n) is 5.72. The maximum absolute atomic E-state index is 12.8. The van der Waals surface area contributed by atoms with E-state index in [0.717, 1.165) is 17.2 Å². The third-order valence-electron chi connectivity index (χ3n) is 8.85. The second-order valence-electron chi connectivity index (χ2n) is 13.0. The number of hydrogen-bond acceptors (Lipinski definition) is 13. The van der Waals surface area contributed by atoms with Crippen molar-refractivity contribution in [1.82, 2.24) is 0 Å². The molecule has 6 aromatic rings. The van der Waals surface area contributed by atoms with Crippen LogP contribution in [0.25, 0.3) is 0 Å². The van der Waals surface area contributed by atoms with Crippen molar-refractivity contribution >= 4 is 11.9 Å². The molecule has 0 saturated carbocycles. The third kappa shape index (κ3) is 10.2. The maximum Gasteiger partial charge on any atom is 0.344 e. The van der Waals surface area contributed by atoms with Gasteiger partial charge in [0, 0.05) is 5.41 Å². The molecule has 0 aliphatic heterocycles. The minimum absolute atomic E-state index is 0.0195. The molecule has 0 amide bonds. The summed E-state index contributed by atoms with van der Waals surface area (Å²) in [6, 6.07) is 37.0. The Bertz CT molecular complexity index is 2290. The molecule has 14 heteroatoms. The maximum atomic E-state index is 12.8. The van der Waals surface area contributed by atoms with E-state index in [0.29, 0.717) is 39.9 Å². The van der Waals surface area contributed by atoms with Crippen LogP contribution in [0.2, 0.25) is 0 Å². The number of esters is 1. The van der Waals surface area contributed by atoms with Crippen molar-refractivity contribution in [3.63, 3.8) is 0 Å². The average molecular weight is 776 g/mol. The molecule has 0 spiro atoms. The number of aromatic carboxylic acids is 1. The van der Waals surface area contributed by atoms with E-state index < -0.39 is 11.9 Å². The Morgan fingerprint density at radius 3 is 1.61 bits per heavy atom. The molecule has 0 radical (unpaired) electrons. The summed E-state index contributed by atoms with van der Waals surface area (Å²) >= 11 is 0. The number of phenols is 1. The lowest BCUT2D eigenvalue weighted by Crippen LogP contribution is -2.18. The topological polar surface area (TPSA) is 195 Å². The number of carbonyl (C=O) groups excluding carboxylic acids is 1. The fourth-order valence-corrected chi connectivity index (χ4v) is 5.72. The van der Waals surface area contributed by atoms with Crippen LogP contribution in [-0.4, -0.2) is 27.4 Å². The average Bonchev–Trinajstić information content (AvgIpc) is 3.21. The summed E-state index contributed by atoms with van der Waals surface area (Å²) in [6.07, 6.45) is 0. The highest BCUT2D eigenvalue weighted by atomic mass is 17.3. The van der Waals surface area contributed by atoms with Gasteiger partial charge in [-0.05, 0) is 125 Å². The summed E-state index contributed by atoms with van der Waals surface area (Å²) in [6.45, 7) is 4.21. The van der Waals surface area contributed by atoms with Gasteiger partial charge in [-0.2, -0.15) is 10.8 Å².